The van der Waals surface area contributed by atoms with Gasteiger partial charge in [-0.2, -0.15) is 0 Å². The molecule has 2 fully saturated rings. The van der Waals surface area contributed by atoms with Crippen LogP contribution in [0.15, 0.2) is 29.2 Å². The van der Waals surface area contributed by atoms with Crippen LogP contribution in [0.25, 0.3) is 0 Å². The van der Waals surface area contributed by atoms with Gasteiger partial charge in [0.25, 0.3) is 5.91 Å². The Hall–Kier alpha value is -1.98. The Kier molecular flexibility index (Phi) is 5.78. The Morgan fingerprint density at radius 3 is 2.43 bits per heavy atom. The summed E-state index contributed by atoms with van der Waals surface area (Å²) >= 11 is 0. The van der Waals surface area contributed by atoms with E-state index in [9.17, 15) is 26.4 Å². The molecular weight excluding hydrogens is 406 g/mol. The number of sulfone groups is 1. The van der Waals surface area contributed by atoms with E-state index in [2.05, 4.69) is 10.0 Å². The third-order valence-corrected chi connectivity index (χ3v) is 7.81. The van der Waals surface area contributed by atoms with Crippen LogP contribution in [0.1, 0.15) is 30.1 Å². The van der Waals surface area contributed by atoms with Crippen LogP contribution in [0.2, 0.25) is 0 Å². The molecule has 1 aromatic carbocycles. The molecule has 28 heavy (non-hydrogen) atoms. The molecule has 11 heteroatoms. The summed E-state index contributed by atoms with van der Waals surface area (Å²) in [4.78, 5) is 26.3. The largest absolute Gasteiger partial charge is 0.341 e. The first-order valence-electron chi connectivity index (χ1n) is 9.00. The molecule has 154 valence electrons. The molecule has 2 amide bonds. The van der Waals surface area contributed by atoms with Crippen LogP contribution in [-0.2, 0) is 24.7 Å². The molecule has 1 heterocycles. The molecular formula is C17H23N3O6S2. The molecule has 9 nitrogen and oxygen atoms in total. The lowest BCUT2D eigenvalue weighted by Crippen LogP contribution is -2.51. The van der Waals surface area contributed by atoms with Crippen LogP contribution < -0.4 is 10.0 Å². The second-order valence-electron chi connectivity index (χ2n) is 7.10. The van der Waals surface area contributed by atoms with Crippen molar-refractivity contribution in [1.82, 2.24) is 14.9 Å². The molecule has 1 saturated heterocycles. The first-order chi connectivity index (χ1) is 13.1. The molecule has 0 radical (unpaired) electrons. The van der Waals surface area contributed by atoms with Gasteiger partial charge in [0.05, 0.1) is 16.4 Å². The molecule has 2 N–H and O–H groups in total. The minimum Gasteiger partial charge on any atom is -0.341 e. The fourth-order valence-electron chi connectivity index (χ4n) is 2.84. The lowest BCUT2D eigenvalue weighted by Gasteiger charge is -2.29. The van der Waals surface area contributed by atoms with Gasteiger partial charge in [-0.3, -0.25) is 9.59 Å². The van der Waals surface area contributed by atoms with E-state index < -0.39 is 31.8 Å². The van der Waals surface area contributed by atoms with Crippen LogP contribution in [0, 0.1) is 0 Å². The second-order valence-corrected chi connectivity index (χ2v) is 11.1. The number of benzene rings is 1. The van der Waals surface area contributed by atoms with Crippen LogP contribution in [0.5, 0.6) is 0 Å². The molecule has 1 aromatic rings. The van der Waals surface area contributed by atoms with Crippen molar-refractivity contribution < 1.29 is 26.4 Å². The summed E-state index contributed by atoms with van der Waals surface area (Å²) in [6.45, 7) is 1.71. The maximum atomic E-state index is 12.5. The van der Waals surface area contributed by atoms with E-state index in [1.165, 1.54) is 36.1 Å². The zero-order valence-electron chi connectivity index (χ0n) is 15.4. The van der Waals surface area contributed by atoms with Gasteiger partial charge in [-0.1, -0.05) is 6.07 Å². The van der Waals surface area contributed by atoms with Crippen LogP contribution >= 0.6 is 0 Å². The molecule has 1 atom stereocenters. The summed E-state index contributed by atoms with van der Waals surface area (Å²) in [5.74, 6) is -1.13. The number of rotatable bonds is 6. The zero-order chi connectivity index (χ0) is 20.5. The average Bonchev–Trinajstić information content (AvgIpc) is 3.44. The Balaban J connectivity index is 1.64. The quantitative estimate of drug-likeness (QED) is 0.627. The van der Waals surface area contributed by atoms with Crippen LogP contribution in [-0.4, -0.2) is 70.2 Å². The molecule has 2 aliphatic rings. The predicted octanol–water partition coefficient (Wildman–Crippen LogP) is -0.497. The molecule has 0 spiro atoms. The Bertz CT molecular complexity index is 972. The van der Waals surface area contributed by atoms with E-state index in [4.69, 9.17) is 0 Å². The van der Waals surface area contributed by atoms with Gasteiger partial charge in [0.2, 0.25) is 15.9 Å². The molecule has 0 bridgehead atoms. The molecule has 0 aromatic heterocycles. The highest BCUT2D eigenvalue weighted by molar-refractivity contribution is 7.91. The van der Waals surface area contributed by atoms with Gasteiger partial charge in [0.1, 0.15) is 6.04 Å². The lowest BCUT2D eigenvalue weighted by molar-refractivity contribution is -0.132. The standard InChI is InChI=1S/C17H23N3O6S2/c1-12(17(22)20-7-9-27(23,24)10-8-20)18-16(21)13-3-2-4-15(11-13)28(25,26)19-14-5-6-14/h2-4,11-12,14,19H,5-10H2,1H3,(H,18,21). The third-order valence-electron chi connectivity index (χ3n) is 4.68. The van der Waals surface area contributed by atoms with Crippen molar-refractivity contribution in [3.63, 3.8) is 0 Å². The molecule has 1 aliphatic carbocycles. The van der Waals surface area contributed by atoms with Crippen LogP contribution in [0.3, 0.4) is 0 Å². The number of nitrogens with zero attached hydrogens (tertiary/aromatic N) is 1. The normalized spacial score (nSPS) is 20.4. The topological polar surface area (TPSA) is 130 Å². The number of carbonyl (C=O) groups excluding carboxylic acids is 2. The highest BCUT2D eigenvalue weighted by Gasteiger charge is 2.30. The van der Waals surface area contributed by atoms with Gasteiger partial charge in [0, 0.05) is 24.7 Å². The number of hydrogen-bond donors (Lipinski definition) is 2. The van der Waals surface area contributed by atoms with Crippen molar-refractivity contribution in [2.75, 3.05) is 24.6 Å². The Morgan fingerprint density at radius 2 is 1.82 bits per heavy atom. The monoisotopic (exact) mass is 429 g/mol. The van der Waals surface area contributed by atoms with Crippen molar-refractivity contribution in [2.24, 2.45) is 0 Å². The summed E-state index contributed by atoms with van der Waals surface area (Å²) in [6.07, 6.45) is 1.60. The van der Waals surface area contributed by atoms with E-state index in [1.54, 1.807) is 0 Å². The summed E-state index contributed by atoms with van der Waals surface area (Å²) in [5, 5.41) is 2.55. The predicted molar refractivity (Wildman–Crippen MR) is 102 cm³/mol. The fourth-order valence-corrected chi connectivity index (χ4v) is 5.39. The van der Waals surface area contributed by atoms with Gasteiger partial charge in [-0.15, -0.1) is 0 Å². The highest BCUT2D eigenvalue weighted by atomic mass is 32.2. The van der Waals surface area contributed by atoms with Crippen molar-refractivity contribution in [2.45, 2.75) is 36.7 Å². The summed E-state index contributed by atoms with van der Waals surface area (Å²) in [5.41, 5.74) is 0.125. The Labute approximate surface area is 164 Å². The first kappa shape index (κ1) is 20.7. The van der Waals surface area contributed by atoms with E-state index in [0.29, 0.717) is 0 Å². The number of sulfonamides is 1. The van der Waals surface area contributed by atoms with Crippen LogP contribution in [0.4, 0.5) is 0 Å². The maximum Gasteiger partial charge on any atom is 0.251 e. The number of nitrogens with one attached hydrogen (secondary N) is 2. The Morgan fingerprint density at radius 1 is 1.18 bits per heavy atom. The van der Waals surface area contributed by atoms with Crippen molar-refractivity contribution in [3.8, 4) is 0 Å². The lowest BCUT2D eigenvalue weighted by atomic mass is 10.2. The van der Waals surface area contributed by atoms with Crippen molar-refractivity contribution in [3.05, 3.63) is 29.8 Å². The molecule has 1 unspecified atom stereocenters. The smallest absolute Gasteiger partial charge is 0.251 e. The molecule has 3 rings (SSSR count). The molecule has 1 saturated carbocycles. The summed E-state index contributed by atoms with van der Waals surface area (Å²) < 4.78 is 50.1. The minimum absolute atomic E-state index is 0.00716. The van der Waals surface area contributed by atoms with E-state index in [1.807, 2.05) is 0 Å². The second kappa shape index (κ2) is 7.80. The molecule has 1 aliphatic heterocycles. The van der Waals surface area contributed by atoms with E-state index in [0.717, 1.165) is 12.8 Å². The first-order valence-corrected chi connectivity index (χ1v) is 12.3. The van der Waals surface area contributed by atoms with Crippen molar-refractivity contribution >= 4 is 31.7 Å². The van der Waals surface area contributed by atoms with E-state index in [-0.39, 0.29) is 47.0 Å². The number of carbonyl (C=O) groups is 2. The average molecular weight is 430 g/mol. The number of hydrogen-bond acceptors (Lipinski definition) is 6. The highest BCUT2D eigenvalue weighted by Crippen LogP contribution is 2.22. The van der Waals surface area contributed by atoms with Gasteiger partial charge in [-0.05, 0) is 38.0 Å². The SMILES string of the molecule is CC(NC(=O)c1cccc(S(=O)(=O)NC2CC2)c1)C(=O)N1CCS(=O)(=O)CC1. The van der Waals surface area contributed by atoms with Gasteiger partial charge in [0.15, 0.2) is 9.84 Å². The van der Waals surface area contributed by atoms with Gasteiger partial charge < -0.3 is 10.2 Å². The fraction of sp³-hybridized carbons (Fsp3) is 0.529. The maximum absolute atomic E-state index is 12.5. The van der Waals surface area contributed by atoms with Gasteiger partial charge >= 0.3 is 0 Å². The zero-order valence-corrected chi connectivity index (χ0v) is 17.1. The van der Waals surface area contributed by atoms with Crippen molar-refractivity contribution in [1.29, 1.82) is 0 Å². The van der Waals surface area contributed by atoms with Gasteiger partial charge in [-0.25, -0.2) is 21.6 Å². The summed E-state index contributed by atoms with van der Waals surface area (Å²) in [7, 11) is -6.80. The third kappa shape index (κ3) is 5.09. The number of amides is 2. The summed E-state index contributed by atoms with van der Waals surface area (Å²) in [6, 6.07) is 4.70. The minimum atomic E-state index is -3.69. The van der Waals surface area contributed by atoms with E-state index >= 15 is 0 Å².